The Morgan fingerprint density at radius 1 is 1.10 bits per heavy atom. The van der Waals surface area contributed by atoms with Crippen molar-refractivity contribution in [2.45, 2.75) is 68.8 Å². The summed E-state index contributed by atoms with van der Waals surface area (Å²) >= 11 is 0. The van der Waals surface area contributed by atoms with E-state index in [4.69, 9.17) is 4.18 Å². The maximum atomic E-state index is 12.5. The molecule has 1 aromatic rings. The van der Waals surface area contributed by atoms with E-state index in [0.29, 0.717) is 5.92 Å². The minimum Gasteiger partial charge on any atom is -0.260 e. The fourth-order valence-corrected chi connectivity index (χ4v) is 4.92. The van der Waals surface area contributed by atoms with Crippen molar-refractivity contribution in [1.29, 1.82) is 0 Å². The van der Waals surface area contributed by atoms with Gasteiger partial charge in [0.25, 0.3) is 10.1 Å². The zero-order valence-electron chi connectivity index (χ0n) is 13.1. The average Bonchev–Trinajstić information content (AvgIpc) is 2.97. The summed E-state index contributed by atoms with van der Waals surface area (Å²) < 4.78 is 30.7. The fourth-order valence-electron chi connectivity index (χ4n) is 3.66. The molecule has 3 rings (SSSR count). The van der Waals surface area contributed by atoms with E-state index < -0.39 is 15.7 Å². The van der Waals surface area contributed by atoms with E-state index in [1.807, 2.05) is 12.1 Å². The lowest BCUT2D eigenvalue weighted by molar-refractivity contribution is 0.0883. The largest absolute Gasteiger partial charge is 0.297 e. The first-order chi connectivity index (χ1) is 9.70. The Hall–Kier alpha value is -0.870. The van der Waals surface area contributed by atoms with E-state index >= 15 is 0 Å². The summed E-state index contributed by atoms with van der Waals surface area (Å²) in [6.45, 7) is 6.34. The van der Waals surface area contributed by atoms with Gasteiger partial charge in [-0.25, -0.2) is 0 Å². The number of benzene rings is 1. The van der Waals surface area contributed by atoms with Crippen molar-refractivity contribution in [2.24, 2.45) is 5.92 Å². The third-order valence-corrected chi connectivity index (χ3v) is 6.40. The number of rotatable bonds is 3. The zero-order valence-corrected chi connectivity index (χ0v) is 13.9. The van der Waals surface area contributed by atoms with Crippen molar-refractivity contribution in [1.82, 2.24) is 0 Å². The molecule has 4 heteroatoms. The summed E-state index contributed by atoms with van der Waals surface area (Å²) in [4.78, 5) is 0.278. The normalized spacial score (nSPS) is 29.0. The molecule has 3 nitrogen and oxygen atoms in total. The van der Waals surface area contributed by atoms with Crippen molar-refractivity contribution in [3.8, 4) is 0 Å². The van der Waals surface area contributed by atoms with Gasteiger partial charge in [0, 0.05) is 0 Å². The monoisotopic (exact) mass is 308 g/mol. The molecule has 2 bridgehead atoms. The molecule has 2 aliphatic carbocycles. The lowest BCUT2D eigenvalue weighted by atomic mass is 9.87. The van der Waals surface area contributed by atoms with Gasteiger partial charge in [0.1, 0.15) is 0 Å². The molecule has 0 N–H and O–H groups in total. The second kappa shape index (κ2) is 4.82. The Morgan fingerprint density at radius 2 is 1.67 bits per heavy atom. The fraction of sp³-hybridized carbons (Fsp3) is 0.647. The molecule has 0 atom stereocenters. The summed E-state index contributed by atoms with van der Waals surface area (Å²) in [6.07, 6.45) is 4.90. The first kappa shape index (κ1) is 15.0. The second-order valence-corrected chi connectivity index (χ2v) is 9.19. The molecule has 0 radical (unpaired) electrons. The Balaban J connectivity index is 1.82. The first-order valence-electron chi connectivity index (χ1n) is 7.77. The van der Waals surface area contributed by atoms with Crippen LogP contribution in [0.2, 0.25) is 0 Å². The van der Waals surface area contributed by atoms with E-state index in [2.05, 4.69) is 20.8 Å². The lowest BCUT2D eigenvalue weighted by Crippen LogP contribution is -2.30. The van der Waals surface area contributed by atoms with Gasteiger partial charge in [-0.15, -0.1) is 0 Å². The van der Waals surface area contributed by atoms with Gasteiger partial charge < -0.3 is 0 Å². The second-order valence-electron chi connectivity index (χ2n) is 7.64. The van der Waals surface area contributed by atoms with Crippen LogP contribution >= 0.6 is 0 Å². The molecule has 0 aromatic heterocycles. The summed E-state index contributed by atoms with van der Waals surface area (Å²) in [7, 11) is -3.65. The Kier molecular flexibility index (Phi) is 3.45. The molecule has 0 heterocycles. The molecule has 2 saturated carbocycles. The molecule has 0 amide bonds. The maximum absolute atomic E-state index is 12.5. The zero-order chi connectivity index (χ0) is 15.3. The van der Waals surface area contributed by atoms with E-state index in [1.54, 1.807) is 12.1 Å². The molecular formula is C17H24O3S. The first-order valence-corrected chi connectivity index (χ1v) is 9.17. The van der Waals surface area contributed by atoms with Gasteiger partial charge in [-0.05, 0) is 61.1 Å². The molecule has 0 aliphatic heterocycles. The predicted molar refractivity (Wildman–Crippen MR) is 82.7 cm³/mol. The van der Waals surface area contributed by atoms with Crippen LogP contribution in [0.5, 0.6) is 0 Å². The highest BCUT2D eigenvalue weighted by Crippen LogP contribution is 2.51. The smallest absolute Gasteiger partial charge is 0.260 e. The van der Waals surface area contributed by atoms with Gasteiger partial charge in [0.15, 0.2) is 0 Å². The van der Waals surface area contributed by atoms with Crippen LogP contribution in [0.25, 0.3) is 0 Å². The number of hydrogen-bond donors (Lipinski definition) is 0. The van der Waals surface area contributed by atoms with E-state index in [9.17, 15) is 8.42 Å². The van der Waals surface area contributed by atoms with Crippen molar-refractivity contribution in [2.75, 3.05) is 0 Å². The SMILES string of the molecule is CC(C)(C)c1ccc(S(=O)(=O)OC23CCC(CC2)C3)cc1. The van der Waals surface area contributed by atoms with Crippen LogP contribution in [-0.2, 0) is 19.7 Å². The average molecular weight is 308 g/mol. The van der Waals surface area contributed by atoms with E-state index in [-0.39, 0.29) is 10.3 Å². The van der Waals surface area contributed by atoms with Crippen molar-refractivity contribution in [3.63, 3.8) is 0 Å². The van der Waals surface area contributed by atoms with Crippen LogP contribution in [0.1, 0.15) is 58.4 Å². The van der Waals surface area contributed by atoms with Gasteiger partial charge in [-0.2, -0.15) is 8.42 Å². The highest BCUT2D eigenvalue weighted by Gasteiger charge is 2.48. The van der Waals surface area contributed by atoms with Crippen LogP contribution in [0.3, 0.4) is 0 Å². The van der Waals surface area contributed by atoms with Gasteiger partial charge in [-0.3, -0.25) is 4.18 Å². The predicted octanol–water partition coefficient (Wildman–Crippen LogP) is 4.02. The van der Waals surface area contributed by atoms with Gasteiger partial charge in [0.05, 0.1) is 10.5 Å². The van der Waals surface area contributed by atoms with Gasteiger partial charge in [-0.1, -0.05) is 32.9 Å². The summed E-state index contributed by atoms with van der Waals surface area (Å²) in [5, 5.41) is 0. The van der Waals surface area contributed by atoms with Crippen molar-refractivity contribution >= 4 is 10.1 Å². The molecule has 116 valence electrons. The van der Waals surface area contributed by atoms with E-state index in [1.165, 1.54) is 0 Å². The van der Waals surface area contributed by atoms with E-state index in [0.717, 1.165) is 37.7 Å². The minimum absolute atomic E-state index is 0.0198. The maximum Gasteiger partial charge on any atom is 0.297 e. The Bertz CT molecular complexity index is 615. The molecular weight excluding hydrogens is 284 g/mol. The molecule has 21 heavy (non-hydrogen) atoms. The van der Waals surface area contributed by atoms with Gasteiger partial charge in [0.2, 0.25) is 0 Å². The van der Waals surface area contributed by atoms with Crippen molar-refractivity contribution < 1.29 is 12.6 Å². The highest BCUT2D eigenvalue weighted by atomic mass is 32.2. The molecule has 0 spiro atoms. The topological polar surface area (TPSA) is 43.4 Å². The Morgan fingerprint density at radius 3 is 2.10 bits per heavy atom. The third kappa shape index (κ3) is 2.88. The standard InChI is InChI=1S/C17H24O3S/c1-16(2,3)14-4-6-15(7-5-14)21(18,19)20-17-10-8-13(12-17)9-11-17/h4-7,13H,8-12H2,1-3H3. The minimum atomic E-state index is -3.65. The third-order valence-electron chi connectivity index (χ3n) is 4.97. The van der Waals surface area contributed by atoms with Crippen LogP contribution in [0.15, 0.2) is 29.2 Å². The molecule has 1 aromatic carbocycles. The number of hydrogen-bond acceptors (Lipinski definition) is 3. The lowest BCUT2D eigenvalue weighted by Gasteiger charge is -2.26. The van der Waals surface area contributed by atoms with Crippen LogP contribution in [0.4, 0.5) is 0 Å². The Labute approximate surface area is 127 Å². The van der Waals surface area contributed by atoms with Crippen LogP contribution < -0.4 is 0 Å². The molecule has 0 saturated heterocycles. The number of fused-ring (bicyclic) bond motifs is 2. The quantitative estimate of drug-likeness (QED) is 0.792. The van der Waals surface area contributed by atoms with Gasteiger partial charge >= 0.3 is 0 Å². The highest BCUT2D eigenvalue weighted by molar-refractivity contribution is 7.86. The summed E-state index contributed by atoms with van der Waals surface area (Å²) in [5.41, 5.74) is 0.736. The molecule has 0 unspecified atom stereocenters. The van der Waals surface area contributed by atoms with Crippen molar-refractivity contribution in [3.05, 3.63) is 29.8 Å². The molecule has 2 fully saturated rings. The van der Waals surface area contributed by atoms with Crippen LogP contribution in [-0.4, -0.2) is 14.0 Å². The molecule has 2 aliphatic rings. The summed E-state index contributed by atoms with van der Waals surface area (Å²) in [5.74, 6) is 0.670. The van der Waals surface area contributed by atoms with Crippen LogP contribution in [0, 0.1) is 5.92 Å². The summed E-state index contributed by atoms with van der Waals surface area (Å²) in [6, 6.07) is 7.13.